The summed E-state index contributed by atoms with van der Waals surface area (Å²) < 4.78 is 15.3. The molecule has 0 atom stereocenters. The number of aryl methyl sites for hydroxylation is 2. The summed E-state index contributed by atoms with van der Waals surface area (Å²) in [6.07, 6.45) is 1.20. The van der Waals surface area contributed by atoms with Gasteiger partial charge in [-0.25, -0.2) is 4.79 Å². The zero-order valence-corrected chi connectivity index (χ0v) is 16.8. The summed E-state index contributed by atoms with van der Waals surface area (Å²) in [6.45, 7) is 6.14. The zero-order chi connectivity index (χ0) is 20.5. The summed E-state index contributed by atoms with van der Waals surface area (Å²) in [7, 11) is 2.71. The van der Waals surface area contributed by atoms with E-state index in [0.717, 1.165) is 16.7 Å². The van der Waals surface area contributed by atoms with Crippen molar-refractivity contribution in [2.45, 2.75) is 27.4 Å². The van der Waals surface area contributed by atoms with Crippen LogP contribution in [0.2, 0.25) is 0 Å². The molecule has 0 aliphatic rings. The predicted octanol–water partition coefficient (Wildman–Crippen LogP) is 4.28. The van der Waals surface area contributed by atoms with Crippen LogP contribution in [0.4, 0.5) is 0 Å². The van der Waals surface area contributed by atoms with Crippen LogP contribution in [0.25, 0.3) is 0 Å². The van der Waals surface area contributed by atoms with E-state index >= 15 is 0 Å². The maximum absolute atomic E-state index is 11.8. The van der Waals surface area contributed by atoms with Gasteiger partial charge in [-0.3, -0.25) is 0 Å². The van der Waals surface area contributed by atoms with Crippen molar-refractivity contribution in [2.75, 3.05) is 14.2 Å². The van der Waals surface area contributed by atoms with Crippen molar-refractivity contribution in [3.63, 3.8) is 0 Å². The molecule has 2 aromatic carbocycles. The molecule has 0 unspecified atom stereocenters. The third-order valence-electron chi connectivity index (χ3n) is 3.95. The Morgan fingerprint density at radius 3 is 2.57 bits per heavy atom. The minimum Gasteiger partial charge on any atom is -0.500 e. The van der Waals surface area contributed by atoms with E-state index < -0.39 is 5.97 Å². The second kappa shape index (κ2) is 10.2. The fourth-order valence-electron chi connectivity index (χ4n) is 2.43. The first-order chi connectivity index (χ1) is 13.4. The number of ether oxygens (including phenoxy) is 3. The van der Waals surface area contributed by atoms with E-state index in [4.69, 9.17) is 19.0 Å². The number of benzene rings is 2. The number of hydrogen-bond acceptors (Lipinski definition) is 6. The highest BCUT2D eigenvalue weighted by molar-refractivity contribution is 5.98. The SMILES string of the molecule is CO/C=C(\Oc1cc(/C(C)=N/OCc2cccc(C)c2)ccc1C)C(=O)OC. The second-order valence-electron chi connectivity index (χ2n) is 6.23. The Hall–Kier alpha value is -3.28. The second-order valence-corrected chi connectivity index (χ2v) is 6.23. The highest BCUT2D eigenvalue weighted by Crippen LogP contribution is 2.23. The van der Waals surface area contributed by atoms with Crippen molar-refractivity contribution < 1.29 is 23.8 Å². The molecule has 148 valence electrons. The molecule has 0 saturated carbocycles. The number of nitrogens with zero attached hydrogens (tertiary/aromatic N) is 1. The van der Waals surface area contributed by atoms with E-state index in [2.05, 4.69) is 11.2 Å². The van der Waals surface area contributed by atoms with Gasteiger partial charge in [-0.1, -0.05) is 47.1 Å². The fourth-order valence-corrected chi connectivity index (χ4v) is 2.43. The maximum Gasteiger partial charge on any atom is 0.377 e. The highest BCUT2D eigenvalue weighted by atomic mass is 16.6. The zero-order valence-electron chi connectivity index (χ0n) is 16.8. The van der Waals surface area contributed by atoms with E-state index in [1.54, 1.807) is 6.07 Å². The first-order valence-electron chi connectivity index (χ1n) is 8.77. The lowest BCUT2D eigenvalue weighted by Gasteiger charge is -2.12. The lowest BCUT2D eigenvalue weighted by Crippen LogP contribution is -2.12. The van der Waals surface area contributed by atoms with Gasteiger partial charge in [-0.2, -0.15) is 0 Å². The van der Waals surface area contributed by atoms with Crippen LogP contribution in [0.15, 0.2) is 59.6 Å². The highest BCUT2D eigenvalue weighted by Gasteiger charge is 2.15. The maximum atomic E-state index is 11.8. The Balaban J connectivity index is 2.14. The Morgan fingerprint density at radius 2 is 1.89 bits per heavy atom. The minimum atomic E-state index is -0.626. The van der Waals surface area contributed by atoms with Crippen LogP contribution in [0, 0.1) is 13.8 Å². The van der Waals surface area contributed by atoms with Crippen LogP contribution < -0.4 is 4.74 Å². The van der Waals surface area contributed by atoms with Gasteiger partial charge < -0.3 is 19.0 Å². The summed E-state index contributed by atoms with van der Waals surface area (Å²) in [5.41, 5.74) is 4.58. The molecule has 0 bridgehead atoms. The lowest BCUT2D eigenvalue weighted by atomic mass is 10.1. The molecule has 6 heteroatoms. The molecule has 0 heterocycles. The molecule has 0 amide bonds. The fraction of sp³-hybridized carbons (Fsp3) is 0.273. The van der Waals surface area contributed by atoms with E-state index in [0.29, 0.717) is 18.1 Å². The van der Waals surface area contributed by atoms with Crippen molar-refractivity contribution >= 4 is 11.7 Å². The molecule has 6 nitrogen and oxygen atoms in total. The average Bonchev–Trinajstić information content (AvgIpc) is 2.68. The normalized spacial score (nSPS) is 11.8. The number of carbonyl (C=O) groups excluding carboxylic acids is 1. The molecule has 2 aromatic rings. The Kier molecular flexibility index (Phi) is 7.63. The number of methoxy groups -OCH3 is 2. The summed E-state index contributed by atoms with van der Waals surface area (Å²) >= 11 is 0. The number of carbonyl (C=O) groups is 1. The van der Waals surface area contributed by atoms with Crippen molar-refractivity contribution in [2.24, 2.45) is 5.16 Å². The summed E-state index contributed by atoms with van der Waals surface area (Å²) in [4.78, 5) is 17.3. The molecule has 0 saturated heterocycles. The monoisotopic (exact) mass is 383 g/mol. The van der Waals surface area contributed by atoms with Crippen LogP contribution in [0.5, 0.6) is 5.75 Å². The lowest BCUT2D eigenvalue weighted by molar-refractivity contribution is -0.138. The van der Waals surface area contributed by atoms with E-state index in [1.165, 1.54) is 26.0 Å². The minimum absolute atomic E-state index is 0.0458. The van der Waals surface area contributed by atoms with Gasteiger partial charge in [0.1, 0.15) is 18.6 Å². The van der Waals surface area contributed by atoms with E-state index in [9.17, 15) is 4.79 Å². The van der Waals surface area contributed by atoms with Crippen LogP contribution in [-0.4, -0.2) is 25.9 Å². The largest absolute Gasteiger partial charge is 0.500 e. The van der Waals surface area contributed by atoms with E-state index in [1.807, 2.05) is 51.1 Å². The first-order valence-corrected chi connectivity index (χ1v) is 8.77. The van der Waals surface area contributed by atoms with Gasteiger partial charge in [0.2, 0.25) is 5.76 Å². The molecule has 0 aromatic heterocycles. The quantitative estimate of drug-likeness (QED) is 0.224. The van der Waals surface area contributed by atoms with Crippen LogP contribution in [0.1, 0.15) is 29.2 Å². The summed E-state index contributed by atoms with van der Waals surface area (Å²) in [5.74, 6) is -0.173. The number of oxime groups is 1. The molecule has 0 aliphatic carbocycles. The molecular weight excluding hydrogens is 358 g/mol. The van der Waals surface area contributed by atoms with Crippen molar-refractivity contribution in [3.8, 4) is 5.75 Å². The van der Waals surface area contributed by atoms with Gasteiger partial charge in [-0.05, 0) is 38.0 Å². The molecule has 2 rings (SSSR count). The van der Waals surface area contributed by atoms with Gasteiger partial charge in [0.05, 0.1) is 19.9 Å². The molecule has 0 spiro atoms. The summed E-state index contributed by atoms with van der Waals surface area (Å²) in [5, 5.41) is 4.19. The standard InChI is InChI=1S/C22H25NO5/c1-15-7-6-8-18(11-15)13-27-23-17(3)19-10-9-16(2)20(12-19)28-21(14-25-4)22(24)26-5/h6-12,14H,13H2,1-5H3/b21-14-,23-17+. The molecule has 0 N–H and O–H groups in total. The van der Waals surface area contributed by atoms with E-state index in [-0.39, 0.29) is 5.76 Å². The topological polar surface area (TPSA) is 66.3 Å². The Morgan fingerprint density at radius 1 is 1.11 bits per heavy atom. The molecule has 28 heavy (non-hydrogen) atoms. The molecule has 0 aliphatic heterocycles. The Labute approximate surface area is 165 Å². The average molecular weight is 383 g/mol. The van der Waals surface area contributed by atoms with Gasteiger partial charge >= 0.3 is 5.97 Å². The third-order valence-corrected chi connectivity index (χ3v) is 3.95. The van der Waals surface area contributed by atoms with Gasteiger partial charge in [0, 0.05) is 5.56 Å². The Bertz CT molecular complexity index is 886. The summed E-state index contributed by atoms with van der Waals surface area (Å²) in [6, 6.07) is 13.6. The smallest absolute Gasteiger partial charge is 0.377 e. The predicted molar refractivity (Wildman–Crippen MR) is 107 cm³/mol. The molecular formula is C22H25NO5. The number of esters is 1. The van der Waals surface area contributed by atoms with Crippen molar-refractivity contribution in [3.05, 3.63) is 76.7 Å². The van der Waals surface area contributed by atoms with Crippen molar-refractivity contribution in [1.82, 2.24) is 0 Å². The number of rotatable bonds is 8. The van der Waals surface area contributed by atoms with Crippen LogP contribution in [-0.2, 0) is 25.7 Å². The van der Waals surface area contributed by atoms with Gasteiger partial charge in [0.25, 0.3) is 0 Å². The third kappa shape index (κ3) is 5.87. The number of hydrogen-bond donors (Lipinski definition) is 0. The van der Waals surface area contributed by atoms with Crippen LogP contribution in [0.3, 0.4) is 0 Å². The molecule has 0 radical (unpaired) electrons. The molecule has 0 fully saturated rings. The first kappa shape index (κ1) is 21.0. The van der Waals surface area contributed by atoms with Crippen LogP contribution >= 0.6 is 0 Å². The van der Waals surface area contributed by atoms with Gasteiger partial charge in [0.15, 0.2) is 0 Å². The van der Waals surface area contributed by atoms with Gasteiger partial charge in [-0.15, -0.1) is 0 Å². The van der Waals surface area contributed by atoms with Crippen molar-refractivity contribution in [1.29, 1.82) is 0 Å².